The Bertz CT molecular complexity index is 381. The van der Waals surface area contributed by atoms with Crippen LogP contribution in [0.3, 0.4) is 0 Å². The summed E-state index contributed by atoms with van der Waals surface area (Å²) in [6.45, 7) is 1.08. The lowest BCUT2D eigenvalue weighted by molar-refractivity contribution is 0.587. The Labute approximate surface area is 96.2 Å². The molecule has 84 valence electrons. The van der Waals surface area contributed by atoms with E-state index in [0.29, 0.717) is 0 Å². The van der Waals surface area contributed by atoms with Gasteiger partial charge in [-0.1, -0.05) is 6.42 Å². The van der Waals surface area contributed by atoms with Crippen LogP contribution in [0.5, 0.6) is 0 Å². The summed E-state index contributed by atoms with van der Waals surface area (Å²) in [5.41, 5.74) is 1.39. The van der Waals surface area contributed by atoms with Crippen LogP contribution < -0.4 is 0 Å². The van der Waals surface area contributed by atoms with Crippen LogP contribution in [0.1, 0.15) is 24.8 Å². The van der Waals surface area contributed by atoms with Crippen molar-refractivity contribution in [2.24, 2.45) is 0 Å². The second kappa shape index (κ2) is 6.05. The summed E-state index contributed by atoms with van der Waals surface area (Å²) >= 11 is 0. The summed E-state index contributed by atoms with van der Waals surface area (Å²) in [6, 6.07) is 4.19. The SMILES string of the molecule is c1cc(CCCCCn2ccnc2)ccn1. The number of unbranched alkanes of at least 4 members (excludes halogenated alkanes) is 2. The fourth-order valence-electron chi connectivity index (χ4n) is 1.77. The van der Waals surface area contributed by atoms with Crippen molar-refractivity contribution in [2.75, 3.05) is 0 Å². The molecule has 2 aromatic rings. The molecule has 0 aliphatic heterocycles. The van der Waals surface area contributed by atoms with Crippen molar-refractivity contribution in [1.82, 2.24) is 14.5 Å². The molecule has 0 amide bonds. The van der Waals surface area contributed by atoms with Crippen LogP contribution in [0, 0.1) is 0 Å². The molecule has 0 spiro atoms. The molecular weight excluding hydrogens is 198 g/mol. The van der Waals surface area contributed by atoms with Crippen molar-refractivity contribution >= 4 is 0 Å². The van der Waals surface area contributed by atoms with Gasteiger partial charge in [-0.15, -0.1) is 0 Å². The van der Waals surface area contributed by atoms with E-state index in [-0.39, 0.29) is 0 Å². The van der Waals surface area contributed by atoms with Crippen molar-refractivity contribution in [3.8, 4) is 0 Å². The monoisotopic (exact) mass is 215 g/mol. The molecule has 0 bridgehead atoms. The van der Waals surface area contributed by atoms with Crippen LogP contribution in [0.2, 0.25) is 0 Å². The highest BCUT2D eigenvalue weighted by Crippen LogP contribution is 2.06. The molecule has 0 radical (unpaired) electrons. The molecule has 0 saturated heterocycles. The van der Waals surface area contributed by atoms with Crippen molar-refractivity contribution in [3.63, 3.8) is 0 Å². The van der Waals surface area contributed by atoms with Gasteiger partial charge in [0.15, 0.2) is 0 Å². The predicted octanol–water partition coefficient (Wildman–Crippen LogP) is 2.69. The molecule has 0 unspecified atom stereocenters. The van der Waals surface area contributed by atoms with Crippen molar-refractivity contribution in [3.05, 3.63) is 48.8 Å². The van der Waals surface area contributed by atoms with E-state index in [1.807, 2.05) is 31.1 Å². The van der Waals surface area contributed by atoms with Gasteiger partial charge >= 0.3 is 0 Å². The molecular formula is C13H17N3. The third-order valence-corrected chi connectivity index (χ3v) is 2.69. The van der Waals surface area contributed by atoms with Crippen molar-refractivity contribution < 1.29 is 0 Å². The van der Waals surface area contributed by atoms with Gasteiger partial charge in [0.1, 0.15) is 0 Å². The van der Waals surface area contributed by atoms with E-state index in [2.05, 4.69) is 26.7 Å². The van der Waals surface area contributed by atoms with Crippen molar-refractivity contribution in [1.29, 1.82) is 0 Å². The predicted molar refractivity (Wildman–Crippen MR) is 64.0 cm³/mol. The van der Waals surface area contributed by atoms with E-state index < -0.39 is 0 Å². The van der Waals surface area contributed by atoms with Gasteiger partial charge in [0, 0.05) is 31.3 Å². The van der Waals surface area contributed by atoms with Crippen molar-refractivity contribution in [2.45, 2.75) is 32.2 Å². The molecule has 0 N–H and O–H groups in total. The van der Waals surface area contributed by atoms with Crippen LogP contribution in [0.15, 0.2) is 43.2 Å². The summed E-state index contributed by atoms with van der Waals surface area (Å²) in [5, 5.41) is 0. The summed E-state index contributed by atoms with van der Waals surface area (Å²) in [4.78, 5) is 8.04. The third-order valence-electron chi connectivity index (χ3n) is 2.69. The number of hydrogen-bond donors (Lipinski definition) is 0. The summed E-state index contributed by atoms with van der Waals surface area (Å²) < 4.78 is 2.13. The zero-order valence-electron chi connectivity index (χ0n) is 9.42. The molecule has 0 atom stereocenters. The Morgan fingerprint density at radius 2 is 1.81 bits per heavy atom. The zero-order chi connectivity index (χ0) is 11.1. The normalized spacial score (nSPS) is 10.5. The highest BCUT2D eigenvalue weighted by Gasteiger charge is 1.94. The molecule has 16 heavy (non-hydrogen) atoms. The number of nitrogens with zero attached hydrogens (tertiary/aromatic N) is 3. The van der Waals surface area contributed by atoms with Gasteiger partial charge in [0.05, 0.1) is 6.33 Å². The quantitative estimate of drug-likeness (QED) is 0.694. The lowest BCUT2D eigenvalue weighted by Crippen LogP contribution is -1.94. The number of imidazole rings is 1. The summed E-state index contributed by atoms with van der Waals surface area (Å²) in [6.07, 6.45) is 14.3. The topological polar surface area (TPSA) is 30.7 Å². The van der Waals surface area contributed by atoms with Gasteiger partial charge in [-0.2, -0.15) is 0 Å². The zero-order valence-corrected chi connectivity index (χ0v) is 9.42. The van der Waals surface area contributed by atoms with E-state index in [4.69, 9.17) is 0 Å². The van der Waals surface area contributed by atoms with Crippen LogP contribution >= 0.6 is 0 Å². The number of hydrogen-bond acceptors (Lipinski definition) is 2. The first-order valence-electron chi connectivity index (χ1n) is 5.80. The van der Waals surface area contributed by atoms with Gasteiger partial charge < -0.3 is 4.57 Å². The maximum absolute atomic E-state index is 4.02. The second-order valence-corrected chi connectivity index (χ2v) is 3.97. The molecule has 2 rings (SSSR count). The second-order valence-electron chi connectivity index (χ2n) is 3.97. The Hall–Kier alpha value is -1.64. The molecule has 0 aliphatic carbocycles. The number of aryl methyl sites for hydroxylation is 2. The van der Waals surface area contributed by atoms with Gasteiger partial charge in [-0.25, -0.2) is 4.98 Å². The first-order valence-corrected chi connectivity index (χ1v) is 5.80. The van der Waals surface area contributed by atoms with Crippen LogP contribution in [-0.2, 0) is 13.0 Å². The smallest absolute Gasteiger partial charge is 0.0945 e. The highest BCUT2D eigenvalue weighted by atomic mass is 15.0. The first-order chi connectivity index (χ1) is 7.95. The van der Waals surface area contributed by atoms with Gasteiger partial charge in [0.2, 0.25) is 0 Å². The largest absolute Gasteiger partial charge is 0.337 e. The average molecular weight is 215 g/mol. The minimum Gasteiger partial charge on any atom is -0.337 e. The fraction of sp³-hybridized carbons (Fsp3) is 0.385. The summed E-state index contributed by atoms with van der Waals surface area (Å²) in [7, 11) is 0. The molecule has 2 aromatic heterocycles. The van der Waals surface area contributed by atoms with E-state index in [9.17, 15) is 0 Å². The maximum Gasteiger partial charge on any atom is 0.0945 e. The average Bonchev–Trinajstić information content (AvgIpc) is 2.83. The Kier molecular flexibility index (Phi) is 4.11. The van der Waals surface area contributed by atoms with Gasteiger partial charge in [-0.3, -0.25) is 4.98 Å². The minimum absolute atomic E-state index is 1.08. The maximum atomic E-state index is 4.02. The van der Waals surface area contributed by atoms with E-state index in [1.165, 1.54) is 24.8 Å². The standard InChI is InChI=1S/C13H17N3/c1(3-10-16-11-9-15-12-16)2-4-13-5-7-14-8-6-13/h5-9,11-12H,1-4,10H2. The van der Waals surface area contributed by atoms with Crippen LogP contribution in [0.4, 0.5) is 0 Å². The van der Waals surface area contributed by atoms with Gasteiger partial charge in [-0.05, 0) is 37.0 Å². The molecule has 2 heterocycles. The molecule has 0 fully saturated rings. The van der Waals surface area contributed by atoms with E-state index in [1.54, 1.807) is 0 Å². The van der Waals surface area contributed by atoms with E-state index in [0.717, 1.165) is 13.0 Å². The number of aromatic nitrogens is 3. The Morgan fingerprint density at radius 1 is 0.938 bits per heavy atom. The minimum atomic E-state index is 1.08. The van der Waals surface area contributed by atoms with Crippen LogP contribution in [-0.4, -0.2) is 14.5 Å². The fourth-order valence-corrected chi connectivity index (χ4v) is 1.77. The molecule has 0 saturated carbocycles. The molecule has 0 aliphatic rings. The molecule has 0 aromatic carbocycles. The number of pyridine rings is 1. The van der Waals surface area contributed by atoms with Gasteiger partial charge in [0.25, 0.3) is 0 Å². The van der Waals surface area contributed by atoms with E-state index >= 15 is 0 Å². The number of rotatable bonds is 6. The lowest BCUT2D eigenvalue weighted by atomic mass is 10.1. The molecule has 3 heteroatoms. The first kappa shape index (κ1) is 10.9. The Balaban J connectivity index is 1.59. The highest BCUT2D eigenvalue weighted by molar-refractivity contribution is 5.09. The lowest BCUT2D eigenvalue weighted by Gasteiger charge is -2.02. The molecule has 3 nitrogen and oxygen atoms in total. The van der Waals surface area contributed by atoms with Crippen LogP contribution in [0.25, 0.3) is 0 Å². The summed E-state index contributed by atoms with van der Waals surface area (Å²) in [5.74, 6) is 0. The third kappa shape index (κ3) is 3.50. The Morgan fingerprint density at radius 3 is 2.56 bits per heavy atom.